The maximum atomic E-state index is 7.13. The summed E-state index contributed by atoms with van der Waals surface area (Å²) >= 11 is 11.1. The number of nitriles is 3. The van der Waals surface area contributed by atoms with E-state index < -0.39 is 0 Å². The van der Waals surface area contributed by atoms with Crippen LogP contribution in [0.25, 0.3) is 0 Å². The Morgan fingerprint density at radius 1 is 0.500 bits per heavy atom. The van der Waals surface area contributed by atoms with Gasteiger partial charge in [0.2, 0.25) is 0 Å². The van der Waals surface area contributed by atoms with Crippen LogP contribution in [0.15, 0.2) is 0 Å². The van der Waals surface area contributed by atoms with E-state index in [1.54, 1.807) is 0 Å². The summed E-state index contributed by atoms with van der Waals surface area (Å²) in [7, 11) is 0. The van der Waals surface area contributed by atoms with Crippen molar-refractivity contribution in [2.24, 2.45) is 0 Å². The van der Waals surface area contributed by atoms with E-state index in [0.717, 1.165) is 0 Å². The first kappa shape index (κ1) is 97.0. The Bertz CT molecular complexity index is 127. The summed E-state index contributed by atoms with van der Waals surface area (Å²) in [5.41, 5.74) is 0. The third kappa shape index (κ3) is 48000. The SMILES string of the molecule is N#C[S-].N#C[S-].N#C[S-].O.O.O.O.O.O.[Sm+3]. The zero-order valence-electron chi connectivity index (χ0n) is 7.47. The van der Waals surface area contributed by atoms with E-state index in [2.05, 4.69) is 37.9 Å². The van der Waals surface area contributed by atoms with Crippen LogP contribution in [0, 0.1) is 72.4 Å². The Balaban J connectivity index is -0.00000000346. The second kappa shape index (κ2) is 296. The van der Waals surface area contributed by atoms with Crippen LogP contribution in [-0.2, 0) is 37.9 Å². The summed E-state index contributed by atoms with van der Waals surface area (Å²) < 4.78 is 0. The van der Waals surface area contributed by atoms with Crippen LogP contribution in [0.4, 0.5) is 0 Å². The van der Waals surface area contributed by atoms with Crippen molar-refractivity contribution in [2.75, 3.05) is 0 Å². The summed E-state index contributed by atoms with van der Waals surface area (Å²) in [5, 5.41) is 25.4. The normalized spacial score (nSPS) is 1.31. The van der Waals surface area contributed by atoms with Crippen molar-refractivity contribution >= 4 is 37.9 Å². The molecule has 9 nitrogen and oxygen atoms in total. The molecule has 0 saturated heterocycles. The van der Waals surface area contributed by atoms with E-state index in [1.807, 2.05) is 0 Å². The van der Waals surface area contributed by atoms with E-state index in [-0.39, 0.29) is 73.2 Å². The minimum absolute atomic E-state index is 0. The number of thiocyanates is 3. The Morgan fingerprint density at radius 3 is 0.500 bits per heavy atom. The Kier molecular flexibility index (Phi) is 1790. The van der Waals surface area contributed by atoms with Gasteiger partial charge in [-0.25, -0.2) is 15.8 Å². The molecule has 0 aliphatic heterocycles. The van der Waals surface area contributed by atoms with Crippen LogP contribution >= 0.6 is 0 Å². The van der Waals surface area contributed by atoms with Crippen molar-refractivity contribution in [3.8, 4) is 16.2 Å². The third-order valence-corrected chi connectivity index (χ3v) is 0. The van der Waals surface area contributed by atoms with Crippen LogP contribution in [-0.4, -0.2) is 32.9 Å². The Morgan fingerprint density at radius 2 is 0.500 bits per heavy atom. The standard InChI is InChI=1S/3CHNS.6H2O.Sm/c3*2-1-3;;;;;;;/h3*3H;6*1H2;/q;;;;;;;;;+3/p-3. The van der Waals surface area contributed by atoms with Gasteiger partial charge in [-0.2, -0.15) is 0 Å². The monoisotopic (exact) mass is 434 g/mol. The van der Waals surface area contributed by atoms with Gasteiger partial charge in [-0.15, -0.1) is 0 Å². The van der Waals surface area contributed by atoms with Crippen LogP contribution in [0.1, 0.15) is 0 Å². The summed E-state index contributed by atoms with van der Waals surface area (Å²) in [6, 6.07) is 0. The van der Waals surface area contributed by atoms with Gasteiger partial charge in [-0.05, 0) is 0 Å². The van der Waals surface area contributed by atoms with Crippen LogP contribution in [0.2, 0.25) is 0 Å². The fourth-order valence-corrected chi connectivity index (χ4v) is 0. The maximum Gasteiger partial charge on any atom is 3.00 e. The summed E-state index contributed by atoms with van der Waals surface area (Å²) in [4.78, 5) is 0. The van der Waals surface area contributed by atoms with E-state index in [1.165, 1.54) is 16.2 Å². The van der Waals surface area contributed by atoms with Gasteiger partial charge in [0, 0.05) is 0 Å². The van der Waals surface area contributed by atoms with E-state index in [0.29, 0.717) is 0 Å². The molecule has 1 radical (unpaired) electrons. The molecule has 0 saturated carbocycles. The van der Waals surface area contributed by atoms with Crippen molar-refractivity contribution in [3.05, 3.63) is 0 Å². The molecule has 16 heavy (non-hydrogen) atoms. The van der Waals surface area contributed by atoms with Gasteiger partial charge >= 0.3 is 40.4 Å². The molecule has 0 atom stereocenters. The summed E-state index contributed by atoms with van der Waals surface area (Å²) in [6.45, 7) is 0. The smallest absolute Gasteiger partial charge is 0.696 e. The van der Waals surface area contributed by atoms with Crippen LogP contribution in [0.3, 0.4) is 0 Å². The van der Waals surface area contributed by atoms with Crippen molar-refractivity contribution in [3.63, 3.8) is 0 Å². The fourth-order valence-electron chi connectivity index (χ4n) is 0. The van der Waals surface area contributed by atoms with Crippen molar-refractivity contribution in [2.45, 2.75) is 0 Å². The van der Waals surface area contributed by atoms with Gasteiger partial charge in [-0.1, -0.05) is 16.2 Å². The molecule has 0 bridgehead atoms. The van der Waals surface area contributed by atoms with E-state index in [4.69, 9.17) is 15.8 Å². The van der Waals surface area contributed by atoms with Gasteiger partial charge < -0.3 is 70.7 Å². The number of rotatable bonds is 0. The molecule has 0 aliphatic carbocycles. The Hall–Kier alpha value is 0.228. The minimum atomic E-state index is 0. The minimum Gasteiger partial charge on any atom is -0.696 e. The van der Waals surface area contributed by atoms with Crippen LogP contribution in [0.5, 0.6) is 0 Å². The zero-order valence-corrected chi connectivity index (χ0v) is 12.5. The van der Waals surface area contributed by atoms with Gasteiger partial charge in [0.15, 0.2) is 0 Å². The number of hydrogen-bond donors (Lipinski definition) is 0. The topological polar surface area (TPSA) is 260 Å². The van der Waals surface area contributed by atoms with Crippen molar-refractivity contribution < 1.29 is 73.2 Å². The summed E-state index contributed by atoms with van der Waals surface area (Å²) in [5.74, 6) is 0. The molecule has 0 aromatic heterocycles. The van der Waals surface area contributed by atoms with Crippen LogP contribution < -0.4 is 0 Å². The zero-order chi connectivity index (χ0) is 8.12. The molecule has 0 fully saturated rings. The Labute approximate surface area is 142 Å². The molecule has 13 heteroatoms. The molecule has 0 rings (SSSR count). The predicted molar refractivity (Wildman–Crippen MR) is 60.6 cm³/mol. The van der Waals surface area contributed by atoms with Crippen molar-refractivity contribution in [1.82, 2.24) is 0 Å². The molecule has 12 N–H and O–H groups in total. The molecule has 0 unspecified atom stereocenters. The molecule has 0 aliphatic rings. The van der Waals surface area contributed by atoms with E-state index >= 15 is 0 Å². The average molecular weight is 433 g/mol. The molecule has 0 heterocycles. The first-order valence-electron chi connectivity index (χ1n) is 1.28. The molecular weight excluding hydrogens is 421 g/mol. The largest absolute Gasteiger partial charge is 3.00 e. The number of nitrogens with zero attached hydrogens (tertiary/aromatic N) is 3. The molecule has 0 aromatic carbocycles. The van der Waals surface area contributed by atoms with Gasteiger partial charge in [0.25, 0.3) is 0 Å². The molecule has 99 valence electrons. The second-order valence-electron chi connectivity index (χ2n) is 0.274. The molecule has 0 amide bonds. The average Bonchev–Trinajstić information content (AvgIpc) is 1.70. The van der Waals surface area contributed by atoms with Gasteiger partial charge in [0.05, 0.1) is 0 Å². The first-order valence-corrected chi connectivity index (χ1v) is 2.51. The number of hydrogen-bond acceptors (Lipinski definition) is 6. The molecule has 0 aromatic rings. The molecule has 0 spiro atoms. The quantitative estimate of drug-likeness (QED) is 0.267. The maximum absolute atomic E-state index is 7.13. The van der Waals surface area contributed by atoms with Gasteiger partial charge in [-0.3, -0.25) is 0 Å². The summed E-state index contributed by atoms with van der Waals surface area (Å²) in [6.07, 6.45) is 0. The fraction of sp³-hybridized carbons (Fsp3) is 0. The third-order valence-electron chi connectivity index (χ3n) is 0. The first-order chi connectivity index (χ1) is 4.24. The van der Waals surface area contributed by atoms with Gasteiger partial charge in [0.1, 0.15) is 0 Å². The van der Waals surface area contributed by atoms with E-state index in [9.17, 15) is 0 Å². The van der Waals surface area contributed by atoms with Crippen molar-refractivity contribution in [1.29, 1.82) is 15.8 Å². The second-order valence-corrected chi connectivity index (χ2v) is 0.822. The predicted octanol–water partition coefficient (Wildman–Crippen LogP) is -4.91. The molecular formula is C3H12N3O6S3Sm.